The van der Waals surface area contributed by atoms with Gasteiger partial charge in [-0.25, -0.2) is 4.98 Å². The lowest BCUT2D eigenvalue weighted by molar-refractivity contribution is -0.121. The van der Waals surface area contributed by atoms with Crippen LogP contribution in [-0.2, 0) is 11.2 Å². The van der Waals surface area contributed by atoms with Crippen LogP contribution in [-0.4, -0.2) is 42.5 Å². The first-order valence-electron chi connectivity index (χ1n) is 10.7. The third kappa shape index (κ3) is 5.18. The number of nitrogens with zero attached hydrogens (tertiary/aromatic N) is 2. The molecule has 1 fully saturated rings. The van der Waals surface area contributed by atoms with Gasteiger partial charge >= 0.3 is 0 Å². The van der Waals surface area contributed by atoms with Gasteiger partial charge in [-0.15, -0.1) is 11.3 Å². The van der Waals surface area contributed by atoms with Crippen molar-refractivity contribution in [3.63, 3.8) is 0 Å². The Bertz CT molecular complexity index is 931. The van der Waals surface area contributed by atoms with Crippen molar-refractivity contribution in [1.82, 2.24) is 15.2 Å². The standard InChI is InChI=1S/C24H29N3O2S/c1-29-19-11-9-18(10-12-19)21(27-15-5-2-6-16-27)17-25-23(28)13-14-24-26-20-7-3-4-8-22(20)30-24/h3-4,7-12,21H,2,5-6,13-17H2,1H3,(H,25,28). The summed E-state index contributed by atoms with van der Waals surface area (Å²) in [5.41, 5.74) is 2.24. The van der Waals surface area contributed by atoms with Crippen molar-refractivity contribution in [3.8, 4) is 5.75 Å². The van der Waals surface area contributed by atoms with Gasteiger partial charge in [-0.05, 0) is 55.8 Å². The van der Waals surface area contributed by atoms with Gasteiger partial charge in [-0.3, -0.25) is 9.69 Å². The highest BCUT2D eigenvalue weighted by Gasteiger charge is 2.23. The Morgan fingerprint density at radius 2 is 1.90 bits per heavy atom. The van der Waals surface area contributed by atoms with E-state index in [1.54, 1.807) is 18.4 Å². The third-order valence-electron chi connectivity index (χ3n) is 5.73. The van der Waals surface area contributed by atoms with E-state index in [4.69, 9.17) is 4.74 Å². The molecule has 0 radical (unpaired) electrons. The Hall–Kier alpha value is -2.44. The van der Waals surface area contributed by atoms with Crippen LogP contribution in [0.2, 0.25) is 0 Å². The minimum atomic E-state index is 0.0878. The molecular weight excluding hydrogens is 394 g/mol. The predicted octanol–water partition coefficient (Wildman–Crippen LogP) is 4.58. The molecule has 0 aliphatic carbocycles. The number of methoxy groups -OCH3 is 1. The molecule has 1 saturated heterocycles. The molecule has 0 saturated carbocycles. The number of fused-ring (bicyclic) bond motifs is 1. The first-order chi connectivity index (χ1) is 14.7. The fourth-order valence-corrected chi connectivity index (χ4v) is 5.03. The second-order valence-corrected chi connectivity index (χ2v) is 8.88. The molecule has 1 aliphatic rings. The molecule has 0 bridgehead atoms. The van der Waals surface area contributed by atoms with Crippen LogP contribution >= 0.6 is 11.3 Å². The number of amides is 1. The molecule has 1 atom stereocenters. The van der Waals surface area contributed by atoms with Crippen molar-refractivity contribution in [2.75, 3.05) is 26.7 Å². The number of aromatic nitrogens is 1. The highest BCUT2D eigenvalue weighted by Crippen LogP contribution is 2.26. The fraction of sp³-hybridized carbons (Fsp3) is 0.417. The number of piperidine rings is 1. The molecule has 1 N–H and O–H groups in total. The maximum absolute atomic E-state index is 12.6. The number of rotatable bonds is 8. The summed E-state index contributed by atoms with van der Waals surface area (Å²) >= 11 is 1.68. The molecule has 1 aliphatic heterocycles. The second-order valence-electron chi connectivity index (χ2n) is 7.76. The number of carbonyl (C=O) groups is 1. The van der Waals surface area contributed by atoms with Crippen molar-refractivity contribution in [2.24, 2.45) is 0 Å². The molecule has 4 rings (SSSR count). The van der Waals surface area contributed by atoms with E-state index in [0.29, 0.717) is 19.4 Å². The lowest BCUT2D eigenvalue weighted by Gasteiger charge is -2.35. The Labute approximate surface area is 182 Å². The summed E-state index contributed by atoms with van der Waals surface area (Å²) in [5, 5.41) is 4.20. The maximum atomic E-state index is 12.6. The number of benzene rings is 2. The third-order valence-corrected chi connectivity index (χ3v) is 6.82. The van der Waals surface area contributed by atoms with E-state index >= 15 is 0 Å². The van der Waals surface area contributed by atoms with Crippen molar-refractivity contribution in [1.29, 1.82) is 0 Å². The van der Waals surface area contributed by atoms with Gasteiger partial charge in [-0.2, -0.15) is 0 Å². The largest absolute Gasteiger partial charge is 0.497 e. The van der Waals surface area contributed by atoms with E-state index in [-0.39, 0.29) is 11.9 Å². The Morgan fingerprint density at radius 1 is 1.13 bits per heavy atom. The van der Waals surface area contributed by atoms with E-state index < -0.39 is 0 Å². The minimum Gasteiger partial charge on any atom is -0.497 e. The van der Waals surface area contributed by atoms with Crippen LogP contribution in [0.1, 0.15) is 42.3 Å². The monoisotopic (exact) mass is 423 g/mol. The topological polar surface area (TPSA) is 54.5 Å². The summed E-state index contributed by atoms with van der Waals surface area (Å²) in [6.45, 7) is 2.79. The zero-order valence-corrected chi connectivity index (χ0v) is 18.3. The molecule has 5 nitrogen and oxygen atoms in total. The van der Waals surface area contributed by atoms with E-state index in [2.05, 4.69) is 33.4 Å². The van der Waals surface area contributed by atoms with E-state index in [1.165, 1.54) is 29.5 Å². The molecular formula is C24H29N3O2S. The van der Waals surface area contributed by atoms with Gasteiger partial charge in [-0.1, -0.05) is 30.7 Å². The SMILES string of the molecule is COc1ccc(C(CNC(=O)CCc2nc3ccccc3s2)N2CCCCC2)cc1. The van der Waals surface area contributed by atoms with Gasteiger partial charge in [0.15, 0.2) is 0 Å². The first-order valence-corrected chi connectivity index (χ1v) is 11.5. The summed E-state index contributed by atoms with van der Waals surface area (Å²) in [7, 11) is 1.68. The average molecular weight is 424 g/mol. The van der Waals surface area contributed by atoms with Gasteiger partial charge in [0.05, 0.1) is 28.4 Å². The highest BCUT2D eigenvalue weighted by molar-refractivity contribution is 7.18. The zero-order valence-electron chi connectivity index (χ0n) is 17.5. The second kappa shape index (κ2) is 10.0. The van der Waals surface area contributed by atoms with Crippen LogP contribution in [0.5, 0.6) is 5.75 Å². The number of ether oxygens (including phenoxy) is 1. The minimum absolute atomic E-state index is 0.0878. The summed E-state index contributed by atoms with van der Waals surface area (Å²) in [4.78, 5) is 19.7. The van der Waals surface area contributed by atoms with Crippen LogP contribution < -0.4 is 10.1 Å². The number of carbonyl (C=O) groups excluding carboxylic acids is 1. The summed E-state index contributed by atoms with van der Waals surface area (Å²) in [6, 6.07) is 16.6. The smallest absolute Gasteiger partial charge is 0.220 e. The normalized spacial score (nSPS) is 15.8. The molecule has 1 aromatic heterocycles. The van der Waals surface area contributed by atoms with Crippen LogP contribution in [0, 0.1) is 0 Å². The quantitative estimate of drug-likeness (QED) is 0.576. The molecule has 158 valence electrons. The summed E-state index contributed by atoms with van der Waals surface area (Å²) < 4.78 is 6.48. The van der Waals surface area contributed by atoms with Crippen molar-refractivity contribution >= 4 is 27.5 Å². The molecule has 3 aromatic rings. The summed E-state index contributed by atoms with van der Waals surface area (Å²) in [6.07, 6.45) is 4.88. The molecule has 2 heterocycles. The van der Waals surface area contributed by atoms with Crippen molar-refractivity contribution < 1.29 is 9.53 Å². The Morgan fingerprint density at radius 3 is 2.63 bits per heavy atom. The van der Waals surface area contributed by atoms with Gasteiger partial charge in [0.1, 0.15) is 5.75 Å². The lowest BCUT2D eigenvalue weighted by atomic mass is 10.0. The predicted molar refractivity (Wildman–Crippen MR) is 122 cm³/mol. The fourth-order valence-electron chi connectivity index (χ4n) is 4.06. The number of para-hydroxylation sites is 1. The first kappa shape index (κ1) is 20.8. The van der Waals surface area contributed by atoms with Crippen LogP contribution in [0.25, 0.3) is 10.2 Å². The number of thiazole rings is 1. The van der Waals surface area contributed by atoms with Crippen LogP contribution in [0.4, 0.5) is 0 Å². The van der Waals surface area contributed by atoms with Gasteiger partial charge < -0.3 is 10.1 Å². The van der Waals surface area contributed by atoms with E-state index in [0.717, 1.165) is 29.4 Å². The number of aryl methyl sites for hydroxylation is 1. The molecule has 0 spiro atoms. The maximum Gasteiger partial charge on any atom is 0.220 e. The van der Waals surface area contributed by atoms with E-state index in [1.807, 2.05) is 30.3 Å². The number of nitrogens with one attached hydrogen (secondary N) is 1. The Kier molecular flexibility index (Phi) is 6.97. The van der Waals surface area contributed by atoms with Crippen LogP contribution in [0.3, 0.4) is 0 Å². The lowest BCUT2D eigenvalue weighted by Crippen LogP contribution is -2.40. The molecule has 1 amide bonds. The number of likely N-dealkylation sites (tertiary alicyclic amines) is 1. The molecule has 30 heavy (non-hydrogen) atoms. The van der Waals surface area contributed by atoms with Gasteiger partial charge in [0.2, 0.25) is 5.91 Å². The Balaban J connectivity index is 1.36. The van der Waals surface area contributed by atoms with Gasteiger partial charge in [0, 0.05) is 19.4 Å². The van der Waals surface area contributed by atoms with Crippen molar-refractivity contribution in [2.45, 2.75) is 38.1 Å². The zero-order chi connectivity index (χ0) is 20.8. The van der Waals surface area contributed by atoms with Crippen molar-refractivity contribution in [3.05, 3.63) is 59.1 Å². The van der Waals surface area contributed by atoms with Gasteiger partial charge in [0.25, 0.3) is 0 Å². The molecule has 6 heteroatoms. The number of hydrogen-bond donors (Lipinski definition) is 1. The number of hydrogen-bond acceptors (Lipinski definition) is 5. The highest BCUT2D eigenvalue weighted by atomic mass is 32.1. The molecule has 1 unspecified atom stereocenters. The van der Waals surface area contributed by atoms with Crippen LogP contribution in [0.15, 0.2) is 48.5 Å². The average Bonchev–Trinajstić information content (AvgIpc) is 3.22. The van der Waals surface area contributed by atoms with E-state index in [9.17, 15) is 4.79 Å². The summed E-state index contributed by atoms with van der Waals surface area (Å²) in [5.74, 6) is 0.945. The molecule has 2 aromatic carbocycles.